The molecule has 0 saturated carbocycles. The molecule has 0 aliphatic carbocycles. The van der Waals surface area contributed by atoms with Gasteiger partial charge in [-0.05, 0) is 32.1 Å². The Bertz CT molecular complexity index is 581. The van der Waals surface area contributed by atoms with Crippen molar-refractivity contribution < 1.29 is 4.73 Å². The third-order valence-electron chi connectivity index (χ3n) is 2.67. The molecule has 1 aromatic carbocycles. The fourth-order valence-corrected chi connectivity index (χ4v) is 1.69. The molecule has 0 spiro atoms. The van der Waals surface area contributed by atoms with E-state index in [1.165, 1.54) is 6.20 Å². The van der Waals surface area contributed by atoms with E-state index in [2.05, 4.69) is 24.9 Å². The normalized spacial score (nSPS) is 15.4. The third kappa shape index (κ3) is 2.94. The topological polar surface area (TPSA) is 39.3 Å². The molecule has 0 amide bonds. The van der Waals surface area contributed by atoms with Gasteiger partial charge < -0.3 is 5.21 Å². The largest absolute Gasteiger partial charge is 0.618 e. The van der Waals surface area contributed by atoms with Crippen molar-refractivity contribution in [2.45, 2.75) is 19.4 Å². The zero-order valence-electron chi connectivity index (χ0n) is 10.6. The van der Waals surface area contributed by atoms with E-state index < -0.39 is 0 Å². The van der Waals surface area contributed by atoms with Crippen LogP contribution in [-0.2, 0) is 0 Å². The highest BCUT2D eigenvalue weighted by Gasteiger charge is 2.11. The molecule has 0 saturated heterocycles. The molecule has 0 radical (unpaired) electrons. The van der Waals surface area contributed by atoms with E-state index in [-0.39, 0.29) is 5.54 Å². The lowest BCUT2D eigenvalue weighted by Gasteiger charge is -2.07. The van der Waals surface area contributed by atoms with Crippen LogP contribution >= 0.6 is 0 Å². The van der Waals surface area contributed by atoms with Gasteiger partial charge in [-0.3, -0.25) is 4.99 Å². The van der Waals surface area contributed by atoms with Gasteiger partial charge in [0, 0.05) is 23.7 Å². The van der Waals surface area contributed by atoms with Crippen molar-refractivity contribution >= 4 is 17.1 Å². The molecule has 0 fully saturated rings. The molecular weight excluding hydrogens is 224 g/mol. The predicted molar refractivity (Wildman–Crippen MR) is 74.6 cm³/mol. The number of hydrogen-bond donors (Lipinski definition) is 0. The zero-order chi connectivity index (χ0) is 13.0. The van der Waals surface area contributed by atoms with Gasteiger partial charge in [0.1, 0.15) is 0 Å². The first kappa shape index (κ1) is 12.3. The summed E-state index contributed by atoms with van der Waals surface area (Å²) in [6, 6.07) is 11.2. The molecule has 1 aromatic heterocycles. The van der Waals surface area contributed by atoms with Gasteiger partial charge in [-0.2, -0.15) is 4.73 Å². The Morgan fingerprint density at radius 1 is 1.11 bits per heavy atom. The van der Waals surface area contributed by atoms with Gasteiger partial charge >= 0.3 is 0 Å². The number of para-hydroxylation sites is 1. The lowest BCUT2D eigenvalue weighted by molar-refractivity contribution is -0.577. The first-order chi connectivity index (χ1) is 8.58. The Morgan fingerprint density at radius 3 is 2.39 bits per heavy atom. The summed E-state index contributed by atoms with van der Waals surface area (Å²) in [7, 11) is 0. The minimum absolute atomic E-state index is 0.0833. The molecule has 18 heavy (non-hydrogen) atoms. The van der Waals surface area contributed by atoms with Gasteiger partial charge in [-0.25, -0.2) is 0 Å². The number of fused-ring (bicyclic) bond motifs is 1. The standard InChI is InChI=1S/C9H7NO.C6H9N/c11-10-7-3-5-8-4-1-2-6-9(8)10;1-6(2)4-3-5-7-6/h1-7H;3-5H,1-2H3. The number of allylic oxidation sites excluding steroid dienone is 1. The number of rotatable bonds is 0. The molecule has 3 heteroatoms. The summed E-state index contributed by atoms with van der Waals surface area (Å²) in [6.07, 6.45) is 7.38. The highest BCUT2D eigenvalue weighted by atomic mass is 16.5. The van der Waals surface area contributed by atoms with Gasteiger partial charge in [0.15, 0.2) is 6.20 Å². The molecule has 3 rings (SSSR count). The fourth-order valence-electron chi connectivity index (χ4n) is 1.69. The van der Waals surface area contributed by atoms with E-state index in [1.807, 2.05) is 42.6 Å². The molecule has 92 valence electrons. The van der Waals surface area contributed by atoms with Crippen LogP contribution in [0.2, 0.25) is 0 Å². The summed E-state index contributed by atoms with van der Waals surface area (Å²) < 4.78 is 0.870. The zero-order valence-corrected chi connectivity index (χ0v) is 10.6. The third-order valence-corrected chi connectivity index (χ3v) is 2.67. The second kappa shape index (κ2) is 5.00. The molecule has 0 unspecified atom stereocenters. The highest BCUT2D eigenvalue weighted by molar-refractivity contribution is 5.75. The molecule has 2 aromatic rings. The van der Waals surface area contributed by atoms with E-state index in [9.17, 15) is 5.21 Å². The van der Waals surface area contributed by atoms with Crippen LogP contribution < -0.4 is 4.73 Å². The number of nitrogens with zero attached hydrogens (tertiary/aromatic N) is 2. The van der Waals surface area contributed by atoms with Crippen molar-refractivity contribution in [3.63, 3.8) is 0 Å². The Hall–Kier alpha value is -2.16. The maximum Gasteiger partial charge on any atom is 0.223 e. The van der Waals surface area contributed by atoms with Gasteiger partial charge in [0.05, 0.1) is 5.54 Å². The molecule has 3 nitrogen and oxygen atoms in total. The molecule has 0 bridgehead atoms. The van der Waals surface area contributed by atoms with Crippen LogP contribution in [0.4, 0.5) is 0 Å². The molecule has 1 aliphatic rings. The molecule has 1 aliphatic heterocycles. The first-order valence-corrected chi connectivity index (χ1v) is 5.88. The lowest BCUT2D eigenvalue weighted by atomic mass is 10.1. The minimum Gasteiger partial charge on any atom is -0.618 e. The van der Waals surface area contributed by atoms with E-state index in [0.717, 1.165) is 15.6 Å². The van der Waals surface area contributed by atoms with E-state index >= 15 is 0 Å². The van der Waals surface area contributed by atoms with Crippen LogP contribution in [0.3, 0.4) is 0 Å². The second-order valence-corrected chi connectivity index (χ2v) is 4.68. The van der Waals surface area contributed by atoms with Crippen LogP contribution in [0.5, 0.6) is 0 Å². The average molecular weight is 240 g/mol. The number of aliphatic imine (C=N–C) groups is 1. The quantitative estimate of drug-likeness (QED) is 0.515. The molecule has 0 N–H and O–H groups in total. The Balaban J connectivity index is 0.000000149. The Morgan fingerprint density at radius 2 is 1.83 bits per heavy atom. The Kier molecular flexibility index (Phi) is 3.42. The summed E-state index contributed by atoms with van der Waals surface area (Å²) in [5.41, 5.74) is 0.801. The number of benzene rings is 1. The van der Waals surface area contributed by atoms with Gasteiger partial charge in [0.2, 0.25) is 5.52 Å². The maximum atomic E-state index is 11.1. The highest BCUT2D eigenvalue weighted by Crippen LogP contribution is 2.12. The molecule has 0 atom stereocenters. The number of pyridine rings is 1. The summed E-state index contributed by atoms with van der Waals surface area (Å²) in [5.74, 6) is 0. The van der Waals surface area contributed by atoms with Gasteiger partial charge in [-0.1, -0.05) is 18.2 Å². The summed E-state index contributed by atoms with van der Waals surface area (Å²) in [6.45, 7) is 4.15. The van der Waals surface area contributed by atoms with Gasteiger partial charge in [0.25, 0.3) is 0 Å². The fraction of sp³-hybridized carbons (Fsp3) is 0.200. The SMILES string of the molecule is CC1(C)C=CC=N1.[O-][n+]1cccc2ccccc21. The second-order valence-electron chi connectivity index (χ2n) is 4.68. The van der Waals surface area contributed by atoms with Crippen molar-refractivity contribution in [1.82, 2.24) is 0 Å². The van der Waals surface area contributed by atoms with Crippen molar-refractivity contribution in [2.24, 2.45) is 4.99 Å². The number of aromatic nitrogens is 1. The van der Waals surface area contributed by atoms with E-state index in [1.54, 1.807) is 6.07 Å². The van der Waals surface area contributed by atoms with Crippen molar-refractivity contribution in [1.29, 1.82) is 0 Å². The van der Waals surface area contributed by atoms with E-state index in [0.29, 0.717) is 0 Å². The van der Waals surface area contributed by atoms with Crippen LogP contribution in [-0.4, -0.2) is 11.8 Å². The minimum atomic E-state index is 0.0833. The van der Waals surface area contributed by atoms with E-state index in [4.69, 9.17) is 0 Å². The van der Waals surface area contributed by atoms with Crippen LogP contribution in [0.15, 0.2) is 59.7 Å². The smallest absolute Gasteiger partial charge is 0.223 e. The van der Waals surface area contributed by atoms with Crippen LogP contribution in [0, 0.1) is 5.21 Å². The van der Waals surface area contributed by atoms with Crippen molar-refractivity contribution in [3.05, 3.63) is 60.0 Å². The Labute approximate surface area is 107 Å². The average Bonchev–Trinajstić information content (AvgIpc) is 2.75. The number of hydrogen-bond acceptors (Lipinski definition) is 2. The summed E-state index contributed by atoms with van der Waals surface area (Å²) in [5, 5.41) is 12.1. The van der Waals surface area contributed by atoms with Crippen molar-refractivity contribution in [2.75, 3.05) is 0 Å². The lowest BCUT2D eigenvalue weighted by Crippen LogP contribution is -2.25. The van der Waals surface area contributed by atoms with Crippen LogP contribution in [0.1, 0.15) is 13.8 Å². The molecular formula is C15H16N2O. The summed E-state index contributed by atoms with van der Waals surface area (Å²) in [4.78, 5) is 4.13. The monoisotopic (exact) mass is 240 g/mol. The van der Waals surface area contributed by atoms with Crippen molar-refractivity contribution in [3.8, 4) is 0 Å². The summed E-state index contributed by atoms with van der Waals surface area (Å²) >= 11 is 0. The maximum absolute atomic E-state index is 11.1. The predicted octanol–water partition coefficient (Wildman–Crippen LogP) is 2.88. The first-order valence-electron chi connectivity index (χ1n) is 5.88. The molecule has 2 heterocycles. The van der Waals surface area contributed by atoms with Crippen LogP contribution in [0.25, 0.3) is 10.9 Å². The van der Waals surface area contributed by atoms with Gasteiger partial charge in [-0.15, -0.1) is 0 Å².